The highest BCUT2D eigenvalue weighted by Gasteiger charge is 2.29. The molecular weight excluding hydrogens is 488 g/mol. The van der Waals surface area contributed by atoms with Gasteiger partial charge < -0.3 is 15.1 Å². The van der Waals surface area contributed by atoms with Crippen LogP contribution in [0.4, 0.5) is 5.82 Å². The number of benzene rings is 1. The molecule has 2 aromatic heterocycles. The second-order valence-electron chi connectivity index (χ2n) is 8.71. The molecule has 0 bridgehead atoms. The lowest BCUT2D eigenvalue weighted by Gasteiger charge is -2.19. The quantitative estimate of drug-likeness (QED) is 0.437. The highest BCUT2D eigenvalue weighted by Crippen LogP contribution is 2.32. The van der Waals surface area contributed by atoms with Crippen LogP contribution in [0.1, 0.15) is 29.8 Å². The molecule has 0 aliphatic carbocycles. The Labute approximate surface area is 213 Å². The van der Waals surface area contributed by atoms with Crippen molar-refractivity contribution in [1.82, 2.24) is 24.4 Å². The zero-order valence-electron chi connectivity index (χ0n) is 21.2. The molecular formula is C24H35ClN6O3S. The first kappa shape index (κ1) is 28.5. The first-order valence-electron chi connectivity index (χ1n) is 11.3. The van der Waals surface area contributed by atoms with Crippen LogP contribution in [-0.2, 0) is 21.1 Å². The molecule has 0 fully saturated rings. The molecule has 9 nitrogen and oxygen atoms in total. The predicted molar refractivity (Wildman–Crippen MR) is 140 cm³/mol. The number of carbonyl (C=O) groups excluding carboxylic acids is 1. The van der Waals surface area contributed by atoms with E-state index in [1.54, 1.807) is 46.8 Å². The summed E-state index contributed by atoms with van der Waals surface area (Å²) in [6, 6.07) is 8.27. The number of hydrogen-bond acceptors (Lipinski definition) is 7. The van der Waals surface area contributed by atoms with Crippen molar-refractivity contribution in [2.45, 2.75) is 42.9 Å². The van der Waals surface area contributed by atoms with Crippen LogP contribution in [0.2, 0.25) is 0 Å². The van der Waals surface area contributed by atoms with Gasteiger partial charge in [-0.1, -0.05) is 18.2 Å². The van der Waals surface area contributed by atoms with Gasteiger partial charge in [-0.25, -0.2) is 17.9 Å². The van der Waals surface area contributed by atoms with E-state index in [0.29, 0.717) is 25.1 Å². The Morgan fingerprint density at radius 2 is 1.74 bits per heavy atom. The van der Waals surface area contributed by atoms with Crippen molar-refractivity contribution < 1.29 is 13.2 Å². The number of fused-ring (bicyclic) bond motifs is 1. The molecule has 0 aliphatic heterocycles. The van der Waals surface area contributed by atoms with Gasteiger partial charge in [0.15, 0.2) is 16.4 Å². The summed E-state index contributed by atoms with van der Waals surface area (Å²) in [5.74, 6) is 0.314. The summed E-state index contributed by atoms with van der Waals surface area (Å²) >= 11 is 0. The summed E-state index contributed by atoms with van der Waals surface area (Å²) < 4.78 is 28.4. The topological polar surface area (TPSA) is 99.9 Å². The first-order chi connectivity index (χ1) is 16.1. The van der Waals surface area contributed by atoms with Gasteiger partial charge in [0.1, 0.15) is 0 Å². The molecule has 0 saturated carbocycles. The zero-order chi connectivity index (χ0) is 25.0. The van der Waals surface area contributed by atoms with Gasteiger partial charge in [0.25, 0.3) is 0 Å². The molecule has 0 atom stereocenters. The van der Waals surface area contributed by atoms with Crippen LogP contribution in [0.5, 0.6) is 0 Å². The number of carbonyl (C=O) groups is 1. The smallest absolute Gasteiger partial charge is 0.222 e. The maximum absolute atomic E-state index is 13.4. The average molecular weight is 523 g/mol. The number of halogens is 1. The molecule has 1 N–H and O–H groups in total. The Bertz CT molecular complexity index is 1280. The van der Waals surface area contributed by atoms with Crippen molar-refractivity contribution in [3.05, 3.63) is 47.3 Å². The molecule has 0 aliphatic rings. The number of rotatable bonds is 10. The van der Waals surface area contributed by atoms with Crippen LogP contribution in [0.25, 0.3) is 5.65 Å². The molecule has 1 aromatic carbocycles. The second kappa shape index (κ2) is 11.8. The first-order valence-corrected chi connectivity index (χ1v) is 12.8. The molecule has 0 saturated heterocycles. The molecule has 0 spiro atoms. The summed E-state index contributed by atoms with van der Waals surface area (Å²) in [4.78, 5) is 21.4. The van der Waals surface area contributed by atoms with Crippen molar-refractivity contribution in [1.29, 1.82) is 0 Å². The van der Waals surface area contributed by atoms with E-state index in [-0.39, 0.29) is 39.6 Å². The Morgan fingerprint density at radius 1 is 1.09 bits per heavy atom. The molecule has 0 unspecified atom stereocenters. The van der Waals surface area contributed by atoms with Gasteiger partial charge in [-0.3, -0.25) is 4.79 Å². The van der Waals surface area contributed by atoms with Gasteiger partial charge in [-0.15, -0.1) is 17.5 Å². The number of nitrogens with zero attached hydrogens (tertiary/aromatic N) is 5. The fourth-order valence-corrected chi connectivity index (χ4v) is 5.53. The standard InChI is InChI=1S/C24H34N6O3S.ClH/c1-17-20(13-14-21(31)29(6)16-10-15-28(4)5)18(2)30-24(26-17)22(23(25-3)27-30)34(32,33)19-11-8-7-9-12-19;/h7-9,11-12H,10,13-16H2,1-6H3,(H,25,27);1H. The summed E-state index contributed by atoms with van der Waals surface area (Å²) in [5, 5.41) is 7.41. The van der Waals surface area contributed by atoms with E-state index < -0.39 is 9.84 Å². The summed E-state index contributed by atoms with van der Waals surface area (Å²) in [6.45, 7) is 5.36. The number of hydrogen-bond donors (Lipinski definition) is 1. The van der Waals surface area contributed by atoms with Crippen LogP contribution < -0.4 is 5.32 Å². The van der Waals surface area contributed by atoms with E-state index in [1.807, 2.05) is 35.0 Å². The van der Waals surface area contributed by atoms with Gasteiger partial charge in [0.05, 0.1) is 4.90 Å². The SMILES string of the molecule is CNc1nn2c(C)c(CCC(=O)N(C)CCCN(C)C)c(C)nc2c1S(=O)(=O)c1ccccc1.Cl. The fourth-order valence-electron chi connectivity index (χ4n) is 4.00. The molecule has 0 radical (unpaired) electrons. The minimum Gasteiger partial charge on any atom is -0.370 e. The van der Waals surface area contributed by atoms with Gasteiger partial charge in [-0.2, -0.15) is 0 Å². The number of amides is 1. The van der Waals surface area contributed by atoms with E-state index in [9.17, 15) is 13.2 Å². The minimum atomic E-state index is -3.84. The van der Waals surface area contributed by atoms with Crippen LogP contribution in [0, 0.1) is 13.8 Å². The van der Waals surface area contributed by atoms with Crippen molar-refractivity contribution >= 4 is 39.6 Å². The Kier molecular flexibility index (Phi) is 9.65. The van der Waals surface area contributed by atoms with E-state index in [2.05, 4.69) is 20.3 Å². The van der Waals surface area contributed by atoms with Gasteiger partial charge in [0, 0.05) is 38.4 Å². The predicted octanol–water partition coefficient (Wildman–Crippen LogP) is 2.99. The molecule has 192 valence electrons. The lowest BCUT2D eigenvalue weighted by atomic mass is 10.1. The van der Waals surface area contributed by atoms with Crippen LogP contribution >= 0.6 is 12.4 Å². The van der Waals surface area contributed by atoms with Crippen LogP contribution in [-0.4, -0.2) is 80.0 Å². The largest absolute Gasteiger partial charge is 0.370 e. The number of nitrogens with one attached hydrogen (secondary N) is 1. The Morgan fingerprint density at radius 3 is 2.34 bits per heavy atom. The third-order valence-electron chi connectivity index (χ3n) is 5.96. The monoisotopic (exact) mass is 522 g/mol. The van der Waals surface area contributed by atoms with Gasteiger partial charge >= 0.3 is 0 Å². The van der Waals surface area contributed by atoms with Crippen molar-refractivity contribution in [3.8, 4) is 0 Å². The second-order valence-corrected chi connectivity index (χ2v) is 10.6. The van der Waals surface area contributed by atoms with Crippen molar-refractivity contribution in [3.63, 3.8) is 0 Å². The minimum absolute atomic E-state index is 0. The van der Waals surface area contributed by atoms with Crippen LogP contribution in [0.3, 0.4) is 0 Å². The number of sulfone groups is 1. The van der Waals surface area contributed by atoms with Crippen molar-refractivity contribution in [2.75, 3.05) is 46.6 Å². The molecule has 3 rings (SSSR count). The maximum atomic E-state index is 13.4. The van der Waals surface area contributed by atoms with E-state index in [1.165, 1.54) is 0 Å². The van der Waals surface area contributed by atoms with E-state index in [0.717, 1.165) is 24.2 Å². The summed E-state index contributed by atoms with van der Waals surface area (Å²) in [6.07, 6.45) is 1.77. The normalized spacial score (nSPS) is 11.5. The molecule has 35 heavy (non-hydrogen) atoms. The van der Waals surface area contributed by atoms with Crippen LogP contribution in [0.15, 0.2) is 40.1 Å². The maximum Gasteiger partial charge on any atom is 0.222 e. The molecule has 3 aromatic rings. The number of anilines is 1. The van der Waals surface area contributed by atoms with Crippen molar-refractivity contribution in [2.24, 2.45) is 0 Å². The fraction of sp³-hybridized carbons (Fsp3) is 0.458. The molecule has 11 heteroatoms. The lowest BCUT2D eigenvalue weighted by molar-refractivity contribution is -0.129. The van der Waals surface area contributed by atoms with E-state index in [4.69, 9.17) is 0 Å². The lowest BCUT2D eigenvalue weighted by Crippen LogP contribution is -2.30. The molecule has 1 amide bonds. The highest BCUT2D eigenvalue weighted by molar-refractivity contribution is 7.91. The summed E-state index contributed by atoms with van der Waals surface area (Å²) in [5.41, 5.74) is 2.65. The number of aromatic nitrogens is 3. The third kappa shape index (κ3) is 6.12. The highest BCUT2D eigenvalue weighted by atomic mass is 35.5. The van der Waals surface area contributed by atoms with Gasteiger partial charge in [0.2, 0.25) is 15.7 Å². The van der Waals surface area contributed by atoms with Gasteiger partial charge in [-0.05, 0) is 65.0 Å². The Hall–Kier alpha value is -2.69. The third-order valence-corrected chi connectivity index (χ3v) is 7.76. The Balaban J connectivity index is 0.00000432. The van der Waals surface area contributed by atoms with E-state index >= 15 is 0 Å². The average Bonchev–Trinajstić information content (AvgIpc) is 3.18. The molecule has 2 heterocycles. The zero-order valence-corrected chi connectivity index (χ0v) is 22.8. The number of aryl methyl sites for hydroxylation is 2. The summed E-state index contributed by atoms with van der Waals surface area (Å²) in [7, 11) is 3.66.